The molecule has 9 heteroatoms. The molecule has 1 fully saturated rings. The van der Waals surface area contributed by atoms with Crippen molar-refractivity contribution in [1.82, 2.24) is 29.5 Å². The highest BCUT2D eigenvalue weighted by atomic mass is 16.3. The first-order valence-electron chi connectivity index (χ1n) is 8.98. The Balaban J connectivity index is 1.73. The third-order valence-electron chi connectivity index (χ3n) is 4.58. The number of aliphatic hydroxyl groups excluding tert-OH is 1. The molecule has 9 nitrogen and oxygen atoms in total. The third-order valence-corrected chi connectivity index (χ3v) is 4.58. The van der Waals surface area contributed by atoms with Gasteiger partial charge in [-0.05, 0) is 18.9 Å². The summed E-state index contributed by atoms with van der Waals surface area (Å²) in [7, 11) is 0. The second-order valence-electron chi connectivity index (χ2n) is 6.36. The molecule has 0 unspecified atom stereocenters. The van der Waals surface area contributed by atoms with Gasteiger partial charge in [0.05, 0.1) is 12.9 Å². The molecule has 1 aliphatic carbocycles. The molecular formula is C17H22N8O. The third kappa shape index (κ3) is 3.43. The molecule has 136 valence electrons. The smallest absolute Gasteiger partial charge is 0.233 e. The molecule has 3 aromatic rings. The molecule has 0 spiro atoms. The zero-order chi connectivity index (χ0) is 17.8. The Hall–Kier alpha value is -2.81. The number of nitrogens with zero attached hydrogens (tertiary/aromatic N) is 6. The van der Waals surface area contributed by atoms with Crippen molar-refractivity contribution in [2.24, 2.45) is 0 Å². The molecule has 0 radical (unpaired) electrons. The summed E-state index contributed by atoms with van der Waals surface area (Å²) in [6.07, 6.45) is 11.2. The quantitative estimate of drug-likeness (QED) is 0.618. The summed E-state index contributed by atoms with van der Waals surface area (Å²) in [4.78, 5) is 22.0. The van der Waals surface area contributed by atoms with Crippen LogP contribution in [0.1, 0.15) is 38.1 Å². The largest absolute Gasteiger partial charge is 0.395 e. The lowest BCUT2D eigenvalue weighted by atomic mass is 9.95. The van der Waals surface area contributed by atoms with Crippen LogP contribution in [0, 0.1) is 0 Å². The van der Waals surface area contributed by atoms with Crippen LogP contribution in [0.2, 0.25) is 0 Å². The van der Waals surface area contributed by atoms with E-state index in [1.165, 1.54) is 19.3 Å². The summed E-state index contributed by atoms with van der Waals surface area (Å²) in [6, 6.07) is 2.16. The summed E-state index contributed by atoms with van der Waals surface area (Å²) in [6.45, 7) is 0.406. The number of imidazole rings is 1. The summed E-state index contributed by atoms with van der Waals surface area (Å²) in [5.74, 6) is 1.43. The first kappa shape index (κ1) is 16.6. The fraction of sp³-hybridized carbons (Fsp3) is 0.471. The molecule has 26 heavy (non-hydrogen) atoms. The number of nitrogens with one attached hydrogen (secondary N) is 2. The second-order valence-corrected chi connectivity index (χ2v) is 6.36. The Morgan fingerprint density at radius 1 is 1.04 bits per heavy atom. The van der Waals surface area contributed by atoms with E-state index in [2.05, 4.69) is 40.1 Å². The number of hydrogen-bond donors (Lipinski definition) is 3. The molecular weight excluding hydrogens is 332 g/mol. The van der Waals surface area contributed by atoms with E-state index in [1.54, 1.807) is 18.5 Å². The van der Waals surface area contributed by atoms with E-state index in [1.807, 2.05) is 6.33 Å². The highest BCUT2D eigenvalue weighted by molar-refractivity contribution is 5.84. The lowest BCUT2D eigenvalue weighted by Crippen LogP contribution is -2.14. The standard InChI is InChI=1S/C17H22N8O/c26-10-9-18-14-13-15(25(11-21-13)12-5-2-1-3-6-12)23-17(22-14)24-16-19-7-4-8-20-16/h4,7-8,11-12,26H,1-3,5-6,9-10H2,(H2,18,19,20,22,23,24). The topological polar surface area (TPSA) is 114 Å². The maximum Gasteiger partial charge on any atom is 0.233 e. The van der Waals surface area contributed by atoms with Gasteiger partial charge in [-0.3, -0.25) is 5.32 Å². The minimum absolute atomic E-state index is 0.0133. The van der Waals surface area contributed by atoms with Crippen molar-refractivity contribution >= 4 is 28.9 Å². The lowest BCUT2D eigenvalue weighted by molar-refractivity contribution is 0.311. The van der Waals surface area contributed by atoms with Gasteiger partial charge in [0, 0.05) is 25.0 Å². The van der Waals surface area contributed by atoms with Crippen molar-refractivity contribution in [3.8, 4) is 0 Å². The van der Waals surface area contributed by atoms with E-state index in [4.69, 9.17) is 5.11 Å². The number of anilines is 3. The number of aliphatic hydroxyl groups is 1. The van der Waals surface area contributed by atoms with Crippen molar-refractivity contribution in [3.05, 3.63) is 24.8 Å². The number of rotatable bonds is 6. The van der Waals surface area contributed by atoms with Gasteiger partial charge < -0.3 is 15.0 Å². The van der Waals surface area contributed by atoms with E-state index >= 15 is 0 Å². The van der Waals surface area contributed by atoms with E-state index in [9.17, 15) is 0 Å². The Morgan fingerprint density at radius 3 is 2.62 bits per heavy atom. The zero-order valence-corrected chi connectivity index (χ0v) is 14.5. The van der Waals surface area contributed by atoms with Crippen molar-refractivity contribution < 1.29 is 5.11 Å². The van der Waals surface area contributed by atoms with Crippen LogP contribution >= 0.6 is 0 Å². The van der Waals surface area contributed by atoms with Gasteiger partial charge in [0.15, 0.2) is 17.0 Å². The fourth-order valence-corrected chi connectivity index (χ4v) is 3.36. The van der Waals surface area contributed by atoms with Crippen molar-refractivity contribution in [2.75, 3.05) is 23.8 Å². The lowest BCUT2D eigenvalue weighted by Gasteiger charge is -2.23. The highest BCUT2D eigenvalue weighted by Crippen LogP contribution is 2.32. The van der Waals surface area contributed by atoms with Gasteiger partial charge in [-0.1, -0.05) is 19.3 Å². The Bertz CT molecular complexity index is 860. The average Bonchev–Trinajstić information content (AvgIpc) is 3.12. The maximum absolute atomic E-state index is 9.15. The van der Waals surface area contributed by atoms with Crippen LogP contribution in [0.25, 0.3) is 11.2 Å². The molecule has 0 atom stereocenters. The first-order valence-corrected chi connectivity index (χ1v) is 8.98. The van der Waals surface area contributed by atoms with Crippen molar-refractivity contribution in [2.45, 2.75) is 38.1 Å². The number of aromatic nitrogens is 6. The second kappa shape index (κ2) is 7.61. The first-order chi connectivity index (χ1) is 12.8. The molecule has 0 amide bonds. The average molecular weight is 354 g/mol. The van der Waals surface area contributed by atoms with Gasteiger partial charge in [-0.15, -0.1) is 0 Å². The van der Waals surface area contributed by atoms with E-state index in [0.717, 1.165) is 18.5 Å². The summed E-state index contributed by atoms with van der Waals surface area (Å²) < 4.78 is 2.15. The van der Waals surface area contributed by atoms with Gasteiger partial charge in [0.2, 0.25) is 11.9 Å². The molecule has 0 aromatic carbocycles. The van der Waals surface area contributed by atoms with Gasteiger partial charge in [-0.2, -0.15) is 9.97 Å². The molecule has 1 aliphatic rings. The number of fused-ring (bicyclic) bond motifs is 1. The SMILES string of the molecule is OCCNc1nc(Nc2ncccn2)nc2c1ncn2C1CCCCC1. The summed E-state index contributed by atoms with van der Waals surface area (Å²) in [5, 5.41) is 15.3. The maximum atomic E-state index is 9.15. The van der Waals surface area contributed by atoms with Crippen LogP contribution in [0.3, 0.4) is 0 Å². The predicted molar refractivity (Wildman–Crippen MR) is 98.3 cm³/mol. The molecule has 3 aromatic heterocycles. The van der Waals surface area contributed by atoms with Crippen LogP contribution in [0.5, 0.6) is 0 Å². The molecule has 0 bridgehead atoms. The van der Waals surface area contributed by atoms with E-state index < -0.39 is 0 Å². The fourth-order valence-electron chi connectivity index (χ4n) is 3.36. The van der Waals surface area contributed by atoms with E-state index in [-0.39, 0.29) is 6.61 Å². The van der Waals surface area contributed by atoms with Crippen LogP contribution in [-0.4, -0.2) is 47.7 Å². The Labute approximate surface area is 150 Å². The van der Waals surface area contributed by atoms with Gasteiger partial charge in [-0.25, -0.2) is 15.0 Å². The van der Waals surface area contributed by atoms with Crippen LogP contribution in [-0.2, 0) is 0 Å². The van der Waals surface area contributed by atoms with Gasteiger partial charge in [0.25, 0.3) is 0 Å². The predicted octanol–water partition coefficient (Wildman–Crippen LogP) is 2.27. The molecule has 4 rings (SSSR count). The number of hydrogen-bond acceptors (Lipinski definition) is 8. The Kier molecular flexibility index (Phi) is 4.87. The molecule has 1 saturated carbocycles. The summed E-state index contributed by atoms with van der Waals surface area (Å²) in [5.41, 5.74) is 1.49. The normalized spacial score (nSPS) is 15.3. The molecule has 3 heterocycles. The molecule has 0 saturated heterocycles. The molecule has 3 N–H and O–H groups in total. The van der Waals surface area contributed by atoms with Gasteiger partial charge >= 0.3 is 0 Å². The summed E-state index contributed by atoms with van der Waals surface area (Å²) >= 11 is 0. The molecule has 0 aliphatic heterocycles. The van der Waals surface area contributed by atoms with E-state index in [0.29, 0.717) is 35.8 Å². The van der Waals surface area contributed by atoms with Gasteiger partial charge in [0.1, 0.15) is 0 Å². The minimum atomic E-state index is 0.0133. The monoisotopic (exact) mass is 354 g/mol. The van der Waals surface area contributed by atoms with Crippen molar-refractivity contribution in [1.29, 1.82) is 0 Å². The zero-order valence-electron chi connectivity index (χ0n) is 14.5. The van der Waals surface area contributed by atoms with Crippen LogP contribution < -0.4 is 10.6 Å². The van der Waals surface area contributed by atoms with Crippen LogP contribution in [0.15, 0.2) is 24.8 Å². The minimum Gasteiger partial charge on any atom is -0.395 e. The Morgan fingerprint density at radius 2 is 1.85 bits per heavy atom. The highest BCUT2D eigenvalue weighted by Gasteiger charge is 2.21. The van der Waals surface area contributed by atoms with Crippen LogP contribution in [0.4, 0.5) is 17.7 Å². The van der Waals surface area contributed by atoms with Crippen molar-refractivity contribution in [3.63, 3.8) is 0 Å².